The summed E-state index contributed by atoms with van der Waals surface area (Å²) in [5, 5.41) is 0. The second-order valence-electron chi connectivity index (χ2n) is 4.31. The maximum atomic E-state index is 12.1. The van der Waals surface area contributed by atoms with Crippen LogP contribution in [-0.2, 0) is 19.5 Å². The number of thiocarbonyl (C=S) groups is 1. The number of benzene rings is 1. The molecular formula is C12H16N2O4S2. The average Bonchev–Trinajstić information content (AvgIpc) is 2.46. The van der Waals surface area contributed by atoms with Gasteiger partial charge in [-0.1, -0.05) is 24.4 Å². The fourth-order valence-corrected chi connectivity index (χ4v) is 2.94. The van der Waals surface area contributed by atoms with Gasteiger partial charge < -0.3 is 15.2 Å². The quantitative estimate of drug-likeness (QED) is 0.744. The minimum Gasteiger partial charge on any atom is -0.389 e. The number of sulfonamides is 1. The number of rotatable bonds is 5. The molecule has 1 unspecified atom stereocenters. The third-order valence-corrected chi connectivity index (χ3v) is 4.51. The van der Waals surface area contributed by atoms with Gasteiger partial charge in [0.25, 0.3) is 0 Å². The first-order valence-electron chi connectivity index (χ1n) is 6.08. The van der Waals surface area contributed by atoms with Gasteiger partial charge in [0, 0.05) is 12.1 Å². The number of hydrogen-bond acceptors (Lipinski definition) is 5. The summed E-state index contributed by atoms with van der Waals surface area (Å²) >= 11 is 4.82. The third-order valence-electron chi connectivity index (χ3n) is 2.84. The Morgan fingerprint density at radius 1 is 1.35 bits per heavy atom. The van der Waals surface area contributed by atoms with Gasteiger partial charge in [-0.25, -0.2) is 13.1 Å². The zero-order valence-electron chi connectivity index (χ0n) is 10.7. The molecule has 3 N–H and O–H groups in total. The second-order valence-corrected chi connectivity index (χ2v) is 6.52. The van der Waals surface area contributed by atoms with Gasteiger partial charge >= 0.3 is 0 Å². The molecule has 110 valence electrons. The number of hydrogen-bond donors (Lipinski definition) is 2. The van der Waals surface area contributed by atoms with Crippen LogP contribution in [0.25, 0.3) is 0 Å². The van der Waals surface area contributed by atoms with Crippen LogP contribution < -0.4 is 10.5 Å². The smallest absolute Gasteiger partial charge is 0.240 e. The number of nitrogens with two attached hydrogens (primary N) is 1. The predicted octanol–water partition coefficient (Wildman–Crippen LogP) is 0.0145. The van der Waals surface area contributed by atoms with Gasteiger partial charge in [-0.3, -0.25) is 0 Å². The highest BCUT2D eigenvalue weighted by atomic mass is 32.2. The molecule has 1 atom stereocenters. The molecule has 6 nitrogen and oxygen atoms in total. The summed E-state index contributed by atoms with van der Waals surface area (Å²) in [4.78, 5) is 0.392. The summed E-state index contributed by atoms with van der Waals surface area (Å²) in [5.41, 5.74) is 6.09. The number of ether oxygens (including phenoxy) is 2. The van der Waals surface area contributed by atoms with E-state index in [0.29, 0.717) is 25.4 Å². The van der Waals surface area contributed by atoms with Crippen molar-refractivity contribution >= 4 is 27.2 Å². The largest absolute Gasteiger partial charge is 0.389 e. The summed E-state index contributed by atoms with van der Waals surface area (Å²) in [6.45, 7) is 1.60. The Labute approximate surface area is 123 Å². The molecule has 0 spiro atoms. The Kier molecular flexibility index (Phi) is 5.06. The van der Waals surface area contributed by atoms with E-state index in [1.165, 1.54) is 12.1 Å². The molecule has 1 aromatic carbocycles. The van der Waals surface area contributed by atoms with Crippen molar-refractivity contribution < 1.29 is 17.9 Å². The van der Waals surface area contributed by atoms with Gasteiger partial charge in [0.15, 0.2) is 0 Å². The van der Waals surface area contributed by atoms with E-state index >= 15 is 0 Å². The van der Waals surface area contributed by atoms with Crippen LogP contribution >= 0.6 is 12.2 Å². The molecule has 0 amide bonds. The van der Waals surface area contributed by atoms with Gasteiger partial charge in [0.1, 0.15) is 4.99 Å². The molecule has 1 heterocycles. The van der Waals surface area contributed by atoms with Gasteiger partial charge in [-0.2, -0.15) is 0 Å². The molecule has 1 fully saturated rings. The second kappa shape index (κ2) is 6.59. The van der Waals surface area contributed by atoms with Gasteiger partial charge in [0.2, 0.25) is 10.0 Å². The normalized spacial score (nSPS) is 19.7. The van der Waals surface area contributed by atoms with Crippen molar-refractivity contribution in [2.45, 2.75) is 11.0 Å². The molecular weight excluding hydrogens is 300 g/mol. The summed E-state index contributed by atoms with van der Waals surface area (Å²) in [6, 6.07) is 6.10. The van der Waals surface area contributed by atoms with E-state index in [4.69, 9.17) is 27.4 Å². The Morgan fingerprint density at radius 2 is 2.05 bits per heavy atom. The maximum Gasteiger partial charge on any atom is 0.240 e. The molecule has 0 aromatic heterocycles. The molecule has 1 aliphatic rings. The van der Waals surface area contributed by atoms with E-state index < -0.39 is 10.0 Å². The highest BCUT2D eigenvalue weighted by Gasteiger charge is 2.19. The summed E-state index contributed by atoms with van der Waals surface area (Å²) in [6.07, 6.45) is -0.255. The zero-order valence-corrected chi connectivity index (χ0v) is 12.4. The lowest BCUT2D eigenvalue weighted by Gasteiger charge is -2.23. The van der Waals surface area contributed by atoms with Crippen LogP contribution in [0.2, 0.25) is 0 Å². The first-order valence-corrected chi connectivity index (χ1v) is 7.97. The van der Waals surface area contributed by atoms with E-state index in [0.717, 1.165) is 0 Å². The molecule has 8 heteroatoms. The van der Waals surface area contributed by atoms with Crippen molar-refractivity contribution in [3.05, 3.63) is 29.8 Å². The molecule has 0 saturated carbocycles. The molecule has 2 rings (SSSR count). The Morgan fingerprint density at radius 3 is 2.60 bits per heavy atom. The lowest BCUT2D eigenvalue weighted by Crippen LogP contribution is -2.39. The van der Waals surface area contributed by atoms with Crippen molar-refractivity contribution in [2.24, 2.45) is 5.73 Å². The van der Waals surface area contributed by atoms with Crippen LogP contribution in [0.15, 0.2) is 29.2 Å². The predicted molar refractivity (Wildman–Crippen MR) is 78.1 cm³/mol. The first kappa shape index (κ1) is 15.3. The number of nitrogens with one attached hydrogen (secondary N) is 1. The minimum atomic E-state index is -3.57. The van der Waals surface area contributed by atoms with Gasteiger partial charge in [-0.05, 0) is 12.1 Å². The molecule has 1 saturated heterocycles. The van der Waals surface area contributed by atoms with Crippen LogP contribution in [0.4, 0.5) is 0 Å². The van der Waals surface area contributed by atoms with E-state index in [2.05, 4.69) is 4.72 Å². The molecule has 0 bridgehead atoms. The highest BCUT2D eigenvalue weighted by Crippen LogP contribution is 2.11. The van der Waals surface area contributed by atoms with E-state index in [1.54, 1.807) is 12.1 Å². The zero-order chi connectivity index (χ0) is 14.6. The molecule has 1 aliphatic heterocycles. The lowest BCUT2D eigenvalue weighted by atomic mass is 10.2. The highest BCUT2D eigenvalue weighted by molar-refractivity contribution is 7.89. The van der Waals surface area contributed by atoms with Crippen molar-refractivity contribution in [3.63, 3.8) is 0 Å². The third kappa shape index (κ3) is 3.97. The summed E-state index contributed by atoms with van der Waals surface area (Å²) < 4.78 is 37.2. The molecule has 1 aromatic rings. The van der Waals surface area contributed by atoms with E-state index in [-0.39, 0.29) is 22.5 Å². The molecule has 0 aliphatic carbocycles. The van der Waals surface area contributed by atoms with Crippen molar-refractivity contribution in [2.75, 3.05) is 26.4 Å². The van der Waals surface area contributed by atoms with Crippen molar-refractivity contribution in [1.82, 2.24) is 4.72 Å². The Bertz CT molecular complexity index is 566. The van der Waals surface area contributed by atoms with Crippen LogP contribution in [-0.4, -0.2) is 45.9 Å². The minimum absolute atomic E-state index is 0.161. The topological polar surface area (TPSA) is 90.7 Å². The van der Waals surface area contributed by atoms with Crippen LogP contribution in [0, 0.1) is 0 Å². The SMILES string of the molecule is NC(=S)c1ccc(S(=O)(=O)NCC2COCCO2)cc1. The standard InChI is InChI=1S/C12H16N2O4S2/c13-12(19)9-1-3-11(4-2-9)20(15,16)14-7-10-8-17-5-6-18-10/h1-4,10,14H,5-8H2,(H2,13,19). The Hall–Kier alpha value is -1.06. The van der Waals surface area contributed by atoms with Crippen molar-refractivity contribution in [3.8, 4) is 0 Å². The molecule has 20 heavy (non-hydrogen) atoms. The first-order chi connectivity index (χ1) is 9.49. The van der Waals surface area contributed by atoms with Crippen LogP contribution in [0.5, 0.6) is 0 Å². The van der Waals surface area contributed by atoms with E-state index in [1.807, 2.05) is 0 Å². The van der Waals surface area contributed by atoms with Gasteiger partial charge in [-0.15, -0.1) is 0 Å². The fraction of sp³-hybridized carbons (Fsp3) is 0.417. The van der Waals surface area contributed by atoms with Crippen LogP contribution in [0.1, 0.15) is 5.56 Å². The fourth-order valence-electron chi connectivity index (χ4n) is 1.74. The average molecular weight is 316 g/mol. The van der Waals surface area contributed by atoms with Crippen LogP contribution in [0.3, 0.4) is 0 Å². The molecule has 0 radical (unpaired) electrons. The van der Waals surface area contributed by atoms with E-state index in [9.17, 15) is 8.42 Å². The monoisotopic (exact) mass is 316 g/mol. The Balaban J connectivity index is 2.00. The van der Waals surface area contributed by atoms with Gasteiger partial charge in [0.05, 0.1) is 30.8 Å². The maximum absolute atomic E-state index is 12.1. The summed E-state index contributed by atoms with van der Waals surface area (Å²) in [7, 11) is -3.57. The van der Waals surface area contributed by atoms with Crippen molar-refractivity contribution in [1.29, 1.82) is 0 Å². The lowest BCUT2D eigenvalue weighted by molar-refractivity contribution is -0.0846. The summed E-state index contributed by atoms with van der Waals surface area (Å²) in [5.74, 6) is 0.